The van der Waals surface area contributed by atoms with Crippen molar-refractivity contribution in [2.75, 3.05) is 5.32 Å². The molecule has 116 valence electrons. The number of anilines is 1. The van der Waals surface area contributed by atoms with Crippen molar-refractivity contribution in [1.82, 2.24) is 10.2 Å². The first-order chi connectivity index (χ1) is 11.1. The molecule has 0 spiro atoms. The summed E-state index contributed by atoms with van der Waals surface area (Å²) >= 11 is 3.33. The molecule has 2 aromatic carbocycles. The fourth-order valence-corrected chi connectivity index (χ4v) is 2.29. The Morgan fingerprint density at radius 3 is 2.48 bits per heavy atom. The first-order valence-corrected chi connectivity index (χ1v) is 7.84. The summed E-state index contributed by atoms with van der Waals surface area (Å²) in [5.41, 5.74) is 2.79. The number of nitrogens with one attached hydrogen (secondary N) is 1. The van der Waals surface area contributed by atoms with Crippen LogP contribution >= 0.6 is 15.9 Å². The van der Waals surface area contributed by atoms with Crippen molar-refractivity contribution in [3.8, 4) is 0 Å². The minimum absolute atomic E-state index is 0.0973. The molecule has 0 saturated heterocycles. The zero-order valence-electron chi connectivity index (χ0n) is 12.4. The Bertz CT molecular complexity index is 811. The molecule has 0 aliphatic rings. The maximum atomic E-state index is 12.1. The van der Waals surface area contributed by atoms with Crippen LogP contribution in [0.3, 0.4) is 0 Å². The number of nitrogens with zero attached hydrogens (tertiary/aromatic N) is 2. The van der Waals surface area contributed by atoms with Gasteiger partial charge >= 0.3 is 6.01 Å². The fraction of sp³-hybridized carbons (Fsp3) is 0.118. The van der Waals surface area contributed by atoms with Gasteiger partial charge in [-0.25, -0.2) is 0 Å². The second kappa shape index (κ2) is 6.75. The third-order valence-electron chi connectivity index (χ3n) is 3.27. The van der Waals surface area contributed by atoms with Gasteiger partial charge in [0.25, 0.3) is 5.91 Å². The third-order valence-corrected chi connectivity index (χ3v) is 3.80. The molecule has 0 aliphatic carbocycles. The van der Waals surface area contributed by atoms with Crippen LogP contribution in [0.15, 0.2) is 57.4 Å². The van der Waals surface area contributed by atoms with Gasteiger partial charge in [-0.1, -0.05) is 50.9 Å². The van der Waals surface area contributed by atoms with Gasteiger partial charge in [-0.2, -0.15) is 0 Å². The van der Waals surface area contributed by atoms with Crippen LogP contribution in [0.25, 0.3) is 0 Å². The summed E-state index contributed by atoms with van der Waals surface area (Å²) in [6.45, 7) is 2.03. The molecule has 1 amide bonds. The number of hydrogen-bond acceptors (Lipinski definition) is 4. The molecule has 1 N–H and O–H groups in total. The predicted octanol–water partition coefficient (Wildman–Crippen LogP) is 3.98. The maximum Gasteiger partial charge on any atom is 0.322 e. The molecule has 0 saturated carbocycles. The van der Waals surface area contributed by atoms with E-state index in [0.29, 0.717) is 17.9 Å². The van der Waals surface area contributed by atoms with Crippen molar-refractivity contribution in [3.63, 3.8) is 0 Å². The van der Waals surface area contributed by atoms with E-state index in [-0.39, 0.29) is 11.9 Å². The number of carbonyl (C=O) groups is 1. The molecule has 1 aromatic heterocycles. The first kappa shape index (κ1) is 15.4. The Labute approximate surface area is 141 Å². The van der Waals surface area contributed by atoms with E-state index < -0.39 is 0 Å². The number of aromatic nitrogens is 2. The van der Waals surface area contributed by atoms with Crippen LogP contribution in [-0.2, 0) is 6.42 Å². The van der Waals surface area contributed by atoms with Crippen LogP contribution < -0.4 is 5.32 Å². The van der Waals surface area contributed by atoms with Gasteiger partial charge in [0.2, 0.25) is 5.89 Å². The van der Waals surface area contributed by atoms with E-state index in [1.807, 2.05) is 31.2 Å². The normalized spacial score (nSPS) is 10.5. The molecule has 23 heavy (non-hydrogen) atoms. The lowest BCUT2D eigenvalue weighted by Gasteiger charge is -2.00. The molecule has 0 fully saturated rings. The van der Waals surface area contributed by atoms with E-state index in [1.54, 1.807) is 24.3 Å². The number of hydrogen-bond donors (Lipinski definition) is 1. The Hall–Kier alpha value is -2.47. The Morgan fingerprint density at radius 2 is 1.78 bits per heavy atom. The van der Waals surface area contributed by atoms with E-state index in [4.69, 9.17) is 4.42 Å². The Kier molecular flexibility index (Phi) is 4.52. The van der Waals surface area contributed by atoms with Gasteiger partial charge in [-0.15, -0.1) is 5.10 Å². The van der Waals surface area contributed by atoms with Crippen molar-refractivity contribution >= 4 is 27.9 Å². The van der Waals surface area contributed by atoms with Crippen LogP contribution in [0.2, 0.25) is 0 Å². The number of rotatable bonds is 4. The van der Waals surface area contributed by atoms with E-state index in [0.717, 1.165) is 10.0 Å². The van der Waals surface area contributed by atoms with Crippen LogP contribution in [0.5, 0.6) is 0 Å². The standard InChI is InChI=1S/C17H14BrN3O2/c1-11-2-4-12(5-3-11)10-15-20-21-17(23-15)19-16(22)13-6-8-14(18)9-7-13/h2-9H,10H2,1H3,(H,19,21,22). The topological polar surface area (TPSA) is 68.0 Å². The number of aryl methyl sites for hydroxylation is 1. The molecule has 0 unspecified atom stereocenters. The minimum atomic E-state index is -0.289. The first-order valence-electron chi connectivity index (χ1n) is 7.05. The molecule has 6 heteroatoms. The molecule has 1 heterocycles. The van der Waals surface area contributed by atoms with Crippen LogP contribution in [-0.4, -0.2) is 16.1 Å². The van der Waals surface area contributed by atoms with E-state index in [2.05, 4.69) is 31.4 Å². The average molecular weight is 372 g/mol. The highest BCUT2D eigenvalue weighted by atomic mass is 79.9. The number of benzene rings is 2. The molecular formula is C17H14BrN3O2. The van der Waals surface area contributed by atoms with Crippen molar-refractivity contribution < 1.29 is 9.21 Å². The Morgan fingerprint density at radius 1 is 1.09 bits per heavy atom. The molecule has 0 radical (unpaired) electrons. The fourth-order valence-electron chi connectivity index (χ4n) is 2.03. The summed E-state index contributed by atoms with van der Waals surface area (Å²) in [5.74, 6) is 0.169. The second-order valence-corrected chi connectivity index (χ2v) is 6.04. The van der Waals surface area contributed by atoms with Crippen LogP contribution in [0, 0.1) is 6.92 Å². The third kappa shape index (κ3) is 4.04. The SMILES string of the molecule is Cc1ccc(Cc2nnc(NC(=O)c3ccc(Br)cc3)o2)cc1. The quantitative estimate of drug-likeness (QED) is 0.752. The lowest BCUT2D eigenvalue weighted by atomic mass is 10.1. The van der Waals surface area contributed by atoms with Gasteiger partial charge < -0.3 is 4.42 Å². The van der Waals surface area contributed by atoms with Gasteiger partial charge in [0.15, 0.2) is 0 Å². The predicted molar refractivity (Wildman–Crippen MR) is 90.4 cm³/mol. The summed E-state index contributed by atoms with van der Waals surface area (Å²) < 4.78 is 6.38. The highest BCUT2D eigenvalue weighted by Crippen LogP contribution is 2.14. The van der Waals surface area contributed by atoms with Crippen molar-refractivity contribution in [3.05, 3.63) is 75.6 Å². The van der Waals surface area contributed by atoms with E-state index in [1.165, 1.54) is 5.56 Å². The number of amides is 1. The minimum Gasteiger partial charge on any atom is -0.407 e. The van der Waals surface area contributed by atoms with Gasteiger partial charge in [0.05, 0.1) is 6.42 Å². The zero-order valence-corrected chi connectivity index (χ0v) is 14.0. The number of carbonyl (C=O) groups excluding carboxylic acids is 1. The van der Waals surface area contributed by atoms with Crippen molar-refractivity contribution in [1.29, 1.82) is 0 Å². The van der Waals surface area contributed by atoms with Crippen LogP contribution in [0.4, 0.5) is 6.01 Å². The second-order valence-electron chi connectivity index (χ2n) is 5.12. The molecule has 0 atom stereocenters. The molecule has 3 aromatic rings. The lowest BCUT2D eigenvalue weighted by molar-refractivity contribution is 0.102. The highest BCUT2D eigenvalue weighted by Gasteiger charge is 2.12. The molecule has 0 bridgehead atoms. The van der Waals surface area contributed by atoms with Gasteiger partial charge in [-0.3, -0.25) is 10.1 Å². The van der Waals surface area contributed by atoms with Crippen LogP contribution in [0.1, 0.15) is 27.4 Å². The Balaban J connectivity index is 1.66. The largest absolute Gasteiger partial charge is 0.407 e. The van der Waals surface area contributed by atoms with E-state index in [9.17, 15) is 4.79 Å². The van der Waals surface area contributed by atoms with Gasteiger partial charge in [-0.05, 0) is 36.8 Å². The van der Waals surface area contributed by atoms with Crippen molar-refractivity contribution in [2.24, 2.45) is 0 Å². The monoisotopic (exact) mass is 371 g/mol. The summed E-state index contributed by atoms with van der Waals surface area (Å²) in [7, 11) is 0. The average Bonchev–Trinajstić information content (AvgIpc) is 2.97. The van der Waals surface area contributed by atoms with E-state index >= 15 is 0 Å². The molecule has 5 nitrogen and oxygen atoms in total. The summed E-state index contributed by atoms with van der Waals surface area (Å²) in [5, 5.41) is 10.4. The number of halogens is 1. The molecular weight excluding hydrogens is 358 g/mol. The summed E-state index contributed by atoms with van der Waals surface area (Å²) in [4.78, 5) is 12.1. The molecule has 3 rings (SSSR count). The highest BCUT2D eigenvalue weighted by molar-refractivity contribution is 9.10. The van der Waals surface area contributed by atoms with Gasteiger partial charge in [0, 0.05) is 10.0 Å². The van der Waals surface area contributed by atoms with Gasteiger partial charge in [0.1, 0.15) is 0 Å². The lowest BCUT2D eigenvalue weighted by Crippen LogP contribution is -2.11. The smallest absolute Gasteiger partial charge is 0.322 e. The molecule has 0 aliphatic heterocycles. The summed E-state index contributed by atoms with van der Waals surface area (Å²) in [6.07, 6.45) is 0.529. The summed E-state index contributed by atoms with van der Waals surface area (Å²) in [6, 6.07) is 15.2. The zero-order chi connectivity index (χ0) is 16.2. The maximum absolute atomic E-state index is 12.1. The van der Waals surface area contributed by atoms with Crippen molar-refractivity contribution in [2.45, 2.75) is 13.3 Å².